The van der Waals surface area contributed by atoms with Crippen LogP contribution in [0.3, 0.4) is 0 Å². The van der Waals surface area contributed by atoms with Gasteiger partial charge in [0.05, 0.1) is 0 Å². The van der Waals surface area contributed by atoms with Crippen LogP contribution in [0.5, 0.6) is 5.75 Å². The maximum atomic E-state index is 11.0. The first kappa shape index (κ1) is 11.6. The predicted molar refractivity (Wildman–Crippen MR) is 70.2 cm³/mol. The minimum atomic E-state index is 0.173. The van der Waals surface area contributed by atoms with E-state index >= 15 is 0 Å². The van der Waals surface area contributed by atoms with Gasteiger partial charge in [-0.25, -0.2) is 0 Å². The molecule has 2 aromatic rings. The van der Waals surface area contributed by atoms with E-state index in [2.05, 4.69) is 0 Å². The third kappa shape index (κ3) is 3.04. The summed E-state index contributed by atoms with van der Waals surface area (Å²) in [7, 11) is 0. The van der Waals surface area contributed by atoms with Gasteiger partial charge in [0.2, 0.25) is 0 Å². The second-order valence-corrected chi connectivity index (χ2v) is 4.64. The molecule has 0 radical (unpaired) electrons. The third-order valence-corrected chi connectivity index (χ3v) is 3.31. The van der Waals surface area contributed by atoms with Crippen LogP contribution in [-0.4, -0.2) is 11.4 Å². The summed E-state index contributed by atoms with van der Waals surface area (Å²) >= 11 is 1.66. The minimum absolute atomic E-state index is 0.173. The second kappa shape index (κ2) is 5.46. The van der Waals surface area contributed by atoms with E-state index in [9.17, 15) is 9.90 Å². The highest BCUT2D eigenvalue weighted by molar-refractivity contribution is 7.09. The monoisotopic (exact) mass is 244 g/mol. The van der Waals surface area contributed by atoms with Gasteiger partial charge in [0.1, 0.15) is 12.0 Å². The molecule has 0 fully saturated rings. The van der Waals surface area contributed by atoms with Crippen molar-refractivity contribution in [3.63, 3.8) is 0 Å². The molecular formula is C14H12O2S. The highest BCUT2D eigenvalue weighted by atomic mass is 32.1. The van der Waals surface area contributed by atoms with Gasteiger partial charge in [-0.05, 0) is 29.1 Å². The van der Waals surface area contributed by atoms with E-state index in [0.717, 1.165) is 18.3 Å². The Hall–Kier alpha value is -1.87. The maximum Gasteiger partial charge on any atom is 0.150 e. The number of rotatable bonds is 4. The van der Waals surface area contributed by atoms with Crippen LogP contribution in [0.15, 0.2) is 47.9 Å². The average molecular weight is 244 g/mol. The summed E-state index contributed by atoms with van der Waals surface area (Å²) in [5.74, 6) is 0.173. The summed E-state index contributed by atoms with van der Waals surface area (Å²) in [6.07, 6.45) is 3.44. The van der Waals surface area contributed by atoms with Crippen LogP contribution in [-0.2, 0) is 11.2 Å². The van der Waals surface area contributed by atoms with Crippen LogP contribution >= 0.6 is 11.3 Å². The van der Waals surface area contributed by atoms with E-state index in [1.165, 1.54) is 4.88 Å². The lowest BCUT2D eigenvalue weighted by Gasteiger charge is -2.01. The number of hydrogen-bond acceptors (Lipinski definition) is 3. The zero-order valence-electron chi connectivity index (χ0n) is 9.17. The molecule has 2 nitrogen and oxygen atoms in total. The van der Waals surface area contributed by atoms with Crippen LogP contribution in [0.1, 0.15) is 10.4 Å². The van der Waals surface area contributed by atoms with Gasteiger partial charge in [-0.1, -0.05) is 24.3 Å². The molecule has 0 amide bonds. The first-order chi connectivity index (χ1) is 8.29. The molecule has 1 heterocycles. The number of benzene rings is 1. The van der Waals surface area contributed by atoms with Gasteiger partial charge in [-0.15, -0.1) is 11.3 Å². The van der Waals surface area contributed by atoms with Crippen LogP contribution in [0.2, 0.25) is 0 Å². The Kier molecular flexibility index (Phi) is 3.73. The molecule has 1 N–H and O–H groups in total. The molecule has 1 aromatic carbocycles. The lowest BCUT2D eigenvalue weighted by Crippen LogP contribution is -1.87. The molecule has 17 heavy (non-hydrogen) atoms. The smallest absolute Gasteiger partial charge is 0.150 e. The highest BCUT2D eigenvalue weighted by Crippen LogP contribution is 2.19. The van der Waals surface area contributed by atoms with Crippen LogP contribution < -0.4 is 0 Å². The normalized spacial score (nSPS) is 11.4. The molecule has 0 atom stereocenters. The Balaban J connectivity index is 2.21. The zero-order chi connectivity index (χ0) is 12.1. The fraction of sp³-hybridized carbons (Fsp3) is 0.0714. The fourth-order valence-electron chi connectivity index (χ4n) is 1.56. The molecule has 86 valence electrons. The van der Waals surface area contributed by atoms with Crippen molar-refractivity contribution in [1.29, 1.82) is 0 Å². The Morgan fingerprint density at radius 3 is 2.82 bits per heavy atom. The van der Waals surface area contributed by atoms with Crippen molar-refractivity contribution in [2.45, 2.75) is 6.42 Å². The molecule has 2 rings (SSSR count). The average Bonchev–Trinajstić information content (AvgIpc) is 2.83. The van der Waals surface area contributed by atoms with Crippen molar-refractivity contribution in [3.8, 4) is 5.75 Å². The SMILES string of the molecule is O=CC(=CCc1cccs1)c1cccc(O)c1. The van der Waals surface area contributed by atoms with Crippen LogP contribution in [0.4, 0.5) is 0 Å². The third-order valence-electron chi connectivity index (χ3n) is 2.41. The molecular weight excluding hydrogens is 232 g/mol. The molecule has 0 bridgehead atoms. The number of thiophene rings is 1. The number of carbonyl (C=O) groups excluding carboxylic acids is 1. The summed E-state index contributed by atoms with van der Waals surface area (Å²) in [4.78, 5) is 12.2. The van der Waals surface area contributed by atoms with Crippen LogP contribution in [0.25, 0.3) is 5.57 Å². The highest BCUT2D eigenvalue weighted by Gasteiger charge is 2.01. The van der Waals surface area contributed by atoms with Gasteiger partial charge in [-0.3, -0.25) is 4.79 Å². The summed E-state index contributed by atoms with van der Waals surface area (Å²) in [5.41, 5.74) is 1.35. The summed E-state index contributed by atoms with van der Waals surface area (Å²) in [6.45, 7) is 0. The minimum Gasteiger partial charge on any atom is -0.508 e. The largest absolute Gasteiger partial charge is 0.508 e. The lowest BCUT2D eigenvalue weighted by molar-refractivity contribution is -0.103. The van der Waals surface area contributed by atoms with Crippen molar-refractivity contribution >= 4 is 23.2 Å². The lowest BCUT2D eigenvalue weighted by atomic mass is 10.1. The van der Waals surface area contributed by atoms with E-state index in [1.807, 2.05) is 29.7 Å². The Morgan fingerprint density at radius 2 is 2.18 bits per heavy atom. The van der Waals surface area contributed by atoms with Gasteiger partial charge in [0.25, 0.3) is 0 Å². The fourth-order valence-corrected chi connectivity index (χ4v) is 2.23. The standard InChI is InChI=1S/C14H12O2S/c15-10-12(6-7-14-5-2-8-17-14)11-3-1-4-13(16)9-11/h1-6,8-10,16H,7H2. The van der Waals surface area contributed by atoms with Crippen molar-refractivity contribution in [2.24, 2.45) is 0 Å². The van der Waals surface area contributed by atoms with Gasteiger partial charge >= 0.3 is 0 Å². The van der Waals surface area contributed by atoms with Crippen molar-refractivity contribution < 1.29 is 9.90 Å². The molecule has 0 unspecified atom stereocenters. The number of aromatic hydroxyl groups is 1. The van der Waals surface area contributed by atoms with Crippen LogP contribution in [0, 0.1) is 0 Å². The number of phenolic OH excluding ortho intramolecular Hbond substituents is 1. The Morgan fingerprint density at radius 1 is 1.29 bits per heavy atom. The van der Waals surface area contributed by atoms with Gasteiger partial charge < -0.3 is 5.11 Å². The van der Waals surface area contributed by atoms with Crippen molar-refractivity contribution in [3.05, 3.63) is 58.3 Å². The number of hydrogen-bond donors (Lipinski definition) is 1. The molecule has 3 heteroatoms. The number of phenols is 1. The summed E-state index contributed by atoms with van der Waals surface area (Å²) in [6, 6.07) is 10.7. The molecule has 0 saturated heterocycles. The predicted octanol–water partition coefficient (Wildman–Crippen LogP) is 3.28. The number of carbonyl (C=O) groups is 1. The molecule has 0 aliphatic rings. The summed E-state index contributed by atoms with van der Waals surface area (Å²) in [5, 5.41) is 11.4. The molecule has 0 spiro atoms. The molecule has 0 aliphatic heterocycles. The number of aldehydes is 1. The van der Waals surface area contributed by atoms with E-state index < -0.39 is 0 Å². The van der Waals surface area contributed by atoms with E-state index in [1.54, 1.807) is 29.5 Å². The van der Waals surface area contributed by atoms with E-state index in [4.69, 9.17) is 0 Å². The first-order valence-electron chi connectivity index (χ1n) is 5.26. The van der Waals surface area contributed by atoms with E-state index in [0.29, 0.717) is 5.57 Å². The zero-order valence-corrected chi connectivity index (χ0v) is 9.98. The maximum absolute atomic E-state index is 11.0. The molecule has 0 saturated carbocycles. The van der Waals surface area contributed by atoms with Gasteiger partial charge in [-0.2, -0.15) is 0 Å². The first-order valence-corrected chi connectivity index (χ1v) is 6.14. The molecule has 1 aromatic heterocycles. The number of allylic oxidation sites excluding steroid dienone is 2. The Bertz CT molecular complexity index is 527. The van der Waals surface area contributed by atoms with E-state index in [-0.39, 0.29) is 5.75 Å². The van der Waals surface area contributed by atoms with Gasteiger partial charge in [0, 0.05) is 16.9 Å². The molecule has 0 aliphatic carbocycles. The van der Waals surface area contributed by atoms with Crippen molar-refractivity contribution in [1.82, 2.24) is 0 Å². The quantitative estimate of drug-likeness (QED) is 0.662. The Labute approximate surface area is 104 Å². The second-order valence-electron chi connectivity index (χ2n) is 3.61. The summed E-state index contributed by atoms with van der Waals surface area (Å²) < 4.78 is 0. The topological polar surface area (TPSA) is 37.3 Å². The van der Waals surface area contributed by atoms with Crippen molar-refractivity contribution in [2.75, 3.05) is 0 Å². The van der Waals surface area contributed by atoms with Gasteiger partial charge in [0.15, 0.2) is 0 Å².